The summed E-state index contributed by atoms with van der Waals surface area (Å²) < 4.78 is 6.90. The number of aromatic nitrogens is 1. The van der Waals surface area contributed by atoms with Crippen LogP contribution in [0.1, 0.15) is 28.9 Å². The van der Waals surface area contributed by atoms with Crippen molar-refractivity contribution in [2.24, 2.45) is 0 Å². The Balaban J connectivity index is 1.64. The molecular weight excluding hydrogens is 356 g/mol. The minimum Gasteiger partial charge on any atom is -0.455 e. The lowest BCUT2D eigenvalue weighted by Crippen LogP contribution is -2.35. The predicted molar refractivity (Wildman–Crippen MR) is 101 cm³/mol. The zero-order valence-corrected chi connectivity index (χ0v) is 15.1. The Labute approximate surface area is 155 Å². The molecule has 1 aromatic carbocycles. The number of amides is 1. The van der Waals surface area contributed by atoms with Crippen LogP contribution < -0.4 is 4.74 Å². The molecule has 0 aliphatic carbocycles. The molecule has 3 aromatic rings. The van der Waals surface area contributed by atoms with Gasteiger partial charge in [-0.25, -0.2) is 0 Å². The van der Waals surface area contributed by atoms with E-state index in [1.807, 2.05) is 23.1 Å². The van der Waals surface area contributed by atoms with Gasteiger partial charge in [0.25, 0.3) is 5.91 Å². The highest BCUT2D eigenvalue weighted by molar-refractivity contribution is 7.20. The summed E-state index contributed by atoms with van der Waals surface area (Å²) in [5, 5.41) is 1.57. The van der Waals surface area contributed by atoms with Crippen molar-refractivity contribution in [2.45, 2.75) is 19.3 Å². The van der Waals surface area contributed by atoms with Gasteiger partial charge in [-0.3, -0.25) is 9.78 Å². The van der Waals surface area contributed by atoms with Gasteiger partial charge in [0.2, 0.25) is 0 Å². The smallest absolute Gasteiger partial charge is 0.263 e. The fourth-order valence-electron chi connectivity index (χ4n) is 3.00. The molecule has 2 aromatic heterocycles. The van der Waals surface area contributed by atoms with Crippen molar-refractivity contribution >= 4 is 38.9 Å². The second-order valence-electron chi connectivity index (χ2n) is 6.07. The van der Waals surface area contributed by atoms with Gasteiger partial charge >= 0.3 is 0 Å². The molecule has 1 saturated heterocycles. The summed E-state index contributed by atoms with van der Waals surface area (Å²) in [6.07, 6.45) is 6.84. The molecule has 128 valence electrons. The number of halogens is 1. The molecular formula is C19H17ClN2O2S. The summed E-state index contributed by atoms with van der Waals surface area (Å²) in [5.41, 5.74) is 0. The number of benzene rings is 1. The summed E-state index contributed by atoms with van der Waals surface area (Å²) in [7, 11) is 0. The molecule has 3 heterocycles. The zero-order chi connectivity index (χ0) is 17.2. The van der Waals surface area contributed by atoms with E-state index < -0.39 is 0 Å². The van der Waals surface area contributed by atoms with Crippen LogP contribution in [0.15, 0.2) is 42.7 Å². The molecule has 0 N–H and O–H groups in total. The fraction of sp³-hybridized carbons (Fsp3) is 0.263. The Morgan fingerprint density at radius 3 is 2.64 bits per heavy atom. The molecule has 0 atom stereocenters. The third-order valence-corrected chi connectivity index (χ3v) is 5.61. The van der Waals surface area contributed by atoms with Crippen LogP contribution in [0.2, 0.25) is 5.02 Å². The minimum atomic E-state index is 0.110. The van der Waals surface area contributed by atoms with Crippen molar-refractivity contribution in [3.05, 3.63) is 52.6 Å². The Morgan fingerprint density at radius 2 is 1.88 bits per heavy atom. The number of nitrogens with zero attached hydrogens (tertiary/aromatic N) is 2. The highest BCUT2D eigenvalue weighted by Gasteiger charge is 2.21. The molecule has 0 spiro atoms. The number of piperidine rings is 1. The Hall–Kier alpha value is -2.11. The third-order valence-electron chi connectivity index (χ3n) is 4.31. The van der Waals surface area contributed by atoms with Crippen LogP contribution in [0.5, 0.6) is 11.5 Å². The first kappa shape index (κ1) is 16.4. The molecule has 0 radical (unpaired) electrons. The zero-order valence-electron chi connectivity index (χ0n) is 13.6. The molecule has 0 bridgehead atoms. The number of rotatable bonds is 3. The average molecular weight is 373 g/mol. The molecule has 6 heteroatoms. The summed E-state index contributed by atoms with van der Waals surface area (Å²) >= 11 is 7.38. The van der Waals surface area contributed by atoms with Crippen LogP contribution >= 0.6 is 22.9 Å². The van der Waals surface area contributed by atoms with Crippen LogP contribution in [0, 0.1) is 0 Å². The number of carbonyl (C=O) groups excluding carboxylic acids is 1. The highest BCUT2D eigenvalue weighted by atomic mass is 35.5. The Morgan fingerprint density at radius 1 is 1.12 bits per heavy atom. The molecule has 4 rings (SSSR count). The van der Waals surface area contributed by atoms with Gasteiger partial charge in [0.1, 0.15) is 5.75 Å². The quantitative estimate of drug-likeness (QED) is 0.620. The van der Waals surface area contributed by atoms with Crippen molar-refractivity contribution in [1.29, 1.82) is 0 Å². The van der Waals surface area contributed by atoms with Gasteiger partial charge in [0.15, 0.2) is 5.75 Å². The monoisotopic (exact) mass is 372 g/mol. The number of hydrogen-bond donors (Lipinski definition) is 0. The van der Waals surface area contributed by atoms with E-state index in [0.717, 1.165) is 40.9 Å². The number of thiophene rings is 1. The van der Waals surface area contributed by atoms with Gasteiger partial charge in [0.05, 0.1) is 15.8 Å². The first-order valence-electron chi connectivity index (χ1n) is 8.31. The van der Waals surface area contributed by atoms with Crippen LogP contribution in [0.4, 0.5) is 0 Å². The molecule has 4 nitrogen and oxygen atoms in total. The maximum atomic E-state index is 12.7. The van der Waals surface area contributed by atoms with E-state index in [-0.39, 0.29) is 5.91 Å². The Kier molecular flexibility index (Phi) is 4.59. The van der Waals surface area contributed by atoms with Gasteiger partial charge in [-0.15, -0.1) is 11.3 Å². The number of pyridine rings is 1. The van der Waals surface area contributed by atoms with E-state index in [4.69, 9.17) is 16.3 Å². The minimum absolute atomic E-state index is 0.110. The highest BCUT2D eigenvalue weighted by Crippen LogP contribution is 2.35. The van der Waals surface area contributed by atoms with Crippen molar-refractivity contribution in [1.82, 2.24) is 9.88 Å². The largest absolute Gasteiger partial charge is 0.455 e. The van der Waals surface area contributed by atoms with E-state index in [2.05, 4.69) is 4.98 Å². The first-order valence-corrected chi connectivity index (χ1v) is 9.50. The van der Waals surface area contributed by atoms with Gasteiger partial charge in [-0.2, -0.15) is 0 Å². The van der Waals surface area contributed by atoms with Crippen molar-refractivity contribution in [2.75, 3.05) is 13.1 Å². The molecule has 1 fully saturated rings. The molecule has 0 saturated carbocycles. The Bertz CT molecular complexity index is 901. The average Bonchev–Trinajstić information content (AvgIpc) is 3.09. The maximum Gasteiger partial charge on any atom is 0.263 e. The first-order chi connectivity index (χ1) is 12.2. The van der Waals surface area contributed by atoms with Crippen LogP contribution in [0.3, 0.4) is 0 Å². The topological polar surface area (TPSA) is 42.4 Å². The second kappa shape index (κ2) is 7.02. The van der Waals surface area contributed by atoms with E-state index >= 15 is 0 Å². The third kappa shape index (κ3) is 3.48. The summed E-state index contributed by atoms with van der Waals surface area (Å²) in [6.45, 7) is 1.69. The van der Waals surface area contributed by atoms with Crippen LogP contribution in [-0.4, -0.2) is 28.9 Å². The normalized spacial score (nSPS) is 14.7. The maximum absolute atomic E-state index is 12.7. The van der Waals surface area contributed by atoms with Crippen molar-refractivity contribution < 1.29 is 9.53 Å². The van der Waals surface area contributed by atoms with Gasteiger partial charge in [0, 0.05) is 29.7 Å². The predicted octanol–water partition coefficient (Wildman–Crippen LogP) is 5.37. The van der Waals surface area contributed by atoms with Gasteiger partial charge in [-0.05, 0) is 49.6 Å². The number of ether oxygens (including phenoxy) is 1. The van der Waals surface area contributed by atoms with E-state index in [1.165, 1.54) is 17.8 Å². The second-order valence-corrected chi connectivity index (χ2v) is 7.59. The summed E-state index contributed by atoms with van der Waals surface area (Å²) in [6, 6.07) is 9.11. The van der Waals surface area contributed by atoms with E-state index in [0.29, 0.717) is 16.5 Å². The molecule has 1 amide bonds. The number of hydrogen-bond acceptors (Lipinski definition) is 4. The van der Waals surface area contributed by atoms with Gasteiger partial charge < -0.3 is 9.64 Å². The SMILES string of the molecule is O=C(c1cc2c(Oc3ccc(Cl)cc3)cncc2s1)N1CCCCC1. The summed E-state index contributed by atoms with van der Waals surface area (Å²) in [4.78, 5) is 19.7. The van der Waals surface area contributed by atoms with E-state index in [9.17, 15) is 4.79 Å². The summed E-state index contributed by atoms with van der Waals surface area (Å²) in [5.74, 6) is 1.45. The van der Waals surface area contributed by atoms with Crippen molar-refractivity contribution in [3.8, 4) is 11.5 Å². The molecule has 0 unspecified atom stereocenters. The number of fused-ring (bicyclic) bond motifs is 1. The lowest BCUT2D eigenvalue weighted by Gasteiger charge is -2.26. The number of carbonyl (C=O) groups is 1. The molecule has 1 aliphatic heterocycles. The fourth-order valence-corrected chi connectivity index (χ4v) is 4.14. The van der Waals surface area contributed by atoms with Crippen LogP contribution in [0.25, 0.3) is 10.1 Å². The van der Waals surface area contributed by atoms with E-state index in [1.54, 1.807) is 24.5 Å². The standard InChI is InChI=1S/C19H17ClN2O2S/c20-13-4-6-14(7-5-13)24-16-11-21-12-18-15(16)10-17(25-18)19(23)22-8-2-1-3-9-22/h4-7,10-12H,1-3,8-9H2. The van der Waals surface area contributed by atoms with Crippen LogP contribution in [-0.2, 0) is 0 Å². The number of likely N-dealkylation sites (tertiary alicyclic amines) is 1. The van der Waals surface area contributed by atoms with Crippen molar-refractivity contribution in [3.63, 3.8) is 0 Å². The lowest BCUT2D eigenvalue weighted by atomic mass is 10.1. The molecule has 25 heavy (non-hydrogen) atoms. The lowest BCUT2D eigenvalue weighted by molar-refractivity contribution is 0.0729. The molecule has 1 aliphatic rings. The van der Waals surface area contributed by atoms with Gasteiger partial charge in [-0.1, -0.05) is 11.6 Å².